The van der Waals surface area contributed by atoms with Crippen molar-refractivity contribution in [2.24, 2.45) is 0 Å². The van der Waals surface area contributed by atoms with Gasteiger partial charge in [0.25, 0.3) is 0 Å². The van der Waals surface area contributed by atoms with Crippen LogP contribution in [0, 0.1) is 6.20 Å². The molecule has 42 valence electrons. The van der Waals surface area contributed by atoms with Crippen LogP contribution in [0.25, 0.3) is 0 Å². The molecule has 3 heteroatoms. The van der Waals surface area contributed by atoms with E-state index in [-0.39, 0.29) is 58.2 Å². The largest absolute Gasteiger partial charge is 1.00 e. The van der Waals surface area contributed by atoms with E-state index < -0.39 is 0 Å². The van der Waals surface area contributed by atoms with Gasteiger partial charge in [-0.05, 0) is 0 Å². The van der Waals surface area contributed by atoms with Gasteiger partial charge < -0.3 is 10.3 Å². The van der Waals surface area contributed by atoms with Gasteiger partial charge in [0, 0.05) is 7.05 Å². The quantitative estimate of drug-likeness (QED) is 0.517. The molecule has 0 spiro atoms. The Morgan fingerprint density at radius 3 is 2.78 bits per heavy atom. The summed E-state index contributed by atoms with van der Waals surface area (Å²) in [5.41, 5.74) is 1.02. The number of anilines is 1. The number of hydrogen-bond donors (Lipinski definition) is 1. The van der Waals surface area contributed by atoms with Crippen LogP contribution in [-0.4, -0.2) is 12.0 Å². The van der Waals surface area contributed by atoms with Crippen molar-refractivity contribution in [3.63, 3.8) is 0 Å². The monoisotopic (exact) mass is 192 g/mol. The van der Waals surface area contributed by atoms with Crippen LogP contribution in [0.2, 0.25) is 0 Å². The van der Waals surface area contributed by atoms with Crippen molar-refractivity contribution in [3.8, 4) is 0 Å². The van der Waals surface area contributed by atoms with Gasteiger partial charge in [0.15, 0.2) is 0 Å². The maximum absolute atomic E-state index is 3.77. The Bertz CT molecular complexity index is 152. The van der Waals surface area contributed by atoms with Crippen LogP contribution in [0.1, 0.15) is 0 Å². The van der Waals surface area contributed by atoms with Crippen molar-refractivity contribution in [2.75, 3.05) is 12.4 Å². The molecule has 1 aromatic rings. The molecule has 0 saturated heterocycles. The Balaban J connectivity index is 0.000000640. The van der Waals surface area contributed by atoms with Crippen molar-refractivity contribution in [1.82, 2.24) is 4.98 Å². The summed E-state index contributed by atoms with van der Waals surface area (Å²) in [6.07, 6.45) is 4.40. The van der Waals surface area contributed by atoms with Gasteiger partial charge in [-0.15, -0.1) is 6.07 Å². The van der Waals surface area contributed by atoms with Crippen LogP contribution < -0.4 is 63.5 Å². The first-order valence-corrected chi connectivity index (χ1v) is 2.43. The number of aromatic nitrogens is 1. The van der Waals surface area contributed by atoms with Gasteiger partial charge in [-0.1, -0.05) is 18.1 Å². The first kappa shape index (κ1) is 9.76. The van der Waals surface area contributed by atoms with E-state index in [4.69, 9.17) is 0 Å². The molecule has 2 nitrogen and oxygen atoms in total. The standard InChI is InChI=1S/C6H7N2.Rb/c1-7-6-3-2-4-8-5-6;/h2-3,5,7H,1H3;/q-1;+1. The molecule has 0 bridgehead atoms. The van der Waals surface area contributed by atoms with Gasteiger partial charge in [0.05, 0.1) is 0 Å². The molecule has 1 N–H and O–H groups in total. The van der Waals surface area contributed by atoms with Crippen LogP contribution in [0.15, 0.2) is 18.3 Å². The zero-order valence-electron chi connectivity index (χ0n) is 5.68. The summed E-state index contributed by atoms with van der Waals surface area (Å²) in [4.78, 5) is 3.77. The molecular formula is C6H7N2Rb. The maximum atomic E-state index is 3.77. The molecule has 0 unspecified atom stereocenters. The first-order chi connectivity index (χ1) is 3.93. The second-order valence-electron chi connectivity index (χ2n) is 1.43. The van der Waals surface area contributed by atoms with E-state index in [9.17, 15) is 0 Å². The van der Waals surface area contributed by atoms with E-state index >= 15 is 0 Å². The summed E-state index contributed by atoms with van der Waals surface area (Å²) in [6, 6.07) is 3.68. The molecule has 0 aliphatic rings. The van der Waals surface area contributed by atoms with Gasteiger partial charge >= 0.3 is 58.2 Å². The van der Waals surface area contributed by atoms with E-state index in [0.29, 0.717) is 0 Å². The molecule has 0 fully saturated rings. The average Bonchev–Trinajstić information content (AvgIpc) is 1.90. The molecule has 0 aromatic carbocycles. The molecule has 0 atom stereocenters. The first-order valence-electron chi connectivity index (χ1n) is 2.43. The second-order valence-corrected chi connectivity index (χ2v) is 1.43. The van der Waals surface area contributed by atoms with Crippen LogP contribution in [0.3, 0.4) is 0 Å². The van der Waals surface area contributed by atoms with Gasteiger partial charge in [0.1, 0.15) is 0 Å². The van der Waals surface area contributed by atoms with E-state index in [1.165, 1.54) is 0 Å². The third-order valence-corrected chi connectivity index (χ3v) is 0.904. The summed E-state index contributed by atoms with van der Waals surface area (Å²) in [7, 11) is 1.86. The SMILES string of the molecule is CNc1cc[c-]nc1.[Rb+]. The molecule has 0 saturated carbocycles. The molecule has 1 rings (SSSR count). The molecular weight excluding hydrogens is 186 g/mol. The smallest absolute Gasteiger partial charge is 0.408 e. The van der Waals surface area contributed by atoms with Gasteiger partial charge in [-0.2, -0.15) is 6.07 Å². The molecule has 0 aliphatic carbocycles. The van der Waals surface area contributed by atoms with Crippen molar-refractivity contribution >= 4 is 5.69 Å². The third kappa shape index (κ3) is 3.45. The van der Waals surface area contributed by atoms with Crippen LogP contribution >= 0.6 is 0 Å². The molecule has 0 aliphatic heterocycles. The summed E-state index contributed by atoms with van der Waals surface area (Å²) >= 11 is 0. The Labute approximate surface area is 104 Å². The van der Waals surface area contributed by atoms with Crippen molar-refractivity contribution < 1.29 is 58.2 Å². The maximum Gasteiger partial charge on any atom is 1.00 e. The van der Waals surface area contributed by atoms with E-state index in [2.05, 4.69) is 16.5 Å². The van der Waals surface area contributed by atoms with Crippen molar-refractivity contribution in [2.45, 2.75) is 0 Å². The zero-order chi connectivity index (χ0) is 5.82. The molecule has 9 heavy (non-hydrogen) atoms. The fraction of sp³-hybridized carbons (Fsp3) is 0.167. The van der Waals surface area contributed by atoms with E-state index in [1.807, 2.05) is 13.1 Å². The average molecular weight is 193 g/mol. The van der Waals surface area contributed by atoms with Crippen molar-refractivity contribution in [3.05, 3.63) is 24.5 Å². The van der Waals surface area contributed by atoms with E-state index in [1.54, 1.807) is 12.3 Å². The second kappa shape index (κ2) is 5.53. The van der Waals surface area contributed by atoms with Crippen molar-refractivity contribution in [1.29, 1.82) is 0 Å². The molecule has 0 amide bonds. The summed E-state index contributed by atoms with van der Waals surface area (Å²) < 4.78 is 0. The topological polar surface area (TPSA) is 24.9 Å². The number of nitrogens with one attached hydrogen (secondary N) is 1. The van der Waals surface area contributed by atoms with Crippen LogP contribution in [-0.2, 0) is 0 Å². The minimum absolute atomic E-state index is 0. The Kier molecular flexibility index (Phi) is 6.00. The Morgan fingerprint density at radius 2 is 2.44 bits per heavy atom. The third-order valence-electron chi connectivity index (χ3n) is 0.904. The molecule has 1 heterocycles. The number of hydrogen-bond acceptors (Lipinski definition) is 2. The summed E-state index contributed by atoms with van der Waals surface area (Å²) in [6.45, 7) is 0. The minimum Gasteiger partial charge on any atom is -0.408 e. The Hall–Kier alpha value is 0.755. The zero-order valence-corrected chi connectivity index (χ0v) is 10.6. The number of nitrogens with zero attached hydrogens (tertiary/aromatic N) is 1. The van der Waals surface area contributed by atoms with Gasteiger partial charge in [-0.25, -0.2) is 0 Å². The van der Waals surface area contributed by atoms with Crippen LogP contribution in [0.4, 0.5) is 5.69 Å². The summed E-state index contributed by atoms with van der Waals surface area (Å²) in [5, 5.41) is 2.94. The number of rotatable bonds is 1. The molecule has 0 radical (unpaired) electrons. The number of pyridine rings is 1. The predicted octanol–water partition coefficient (Wildman–Crippen LogP) is -2.07. The van der Waals surface area contributed by atoms with Gasteiger partial charge in [-0.3, -0.25) is 0 Å². The normalized spacial score (nSPS) is 7.67. The van der Waals surface area contributed by atoms with Crippen LogP contribution in [0.5, 0.6) is 0 Å². The minimum atomic E-state index is 0. The summed E-state index contributed by atoms with van der Waals surface area (Å²) in [5.74, 6) is 0. The van der Waals surface area contributed by atoms with Gasteiger partial charge in [0.2, 0.25) is 0 Å². The Morgan fingerprint density at radius 1 is 1.67 bits per heavy atom. The fourth-order valence-electron chi connectivity index (χ4n) is 0.468. The van der Waals surface area contributed by atoms with E-state index in [0.717, 1.165) is 5.69 Å². The molecule has 1 aromatic heterocycles. The fourth-order valence-corrected chi connectivity index (χ4v) is 0.468. The predicted molar refractivity (Wildman–Crippen MR) is 32.6 cm³/mol.